The fraction of sp³-hybridized carbons (Fsp3) is 0.571. The van der Waals surface area contributed by atoms with E-state index in [0.29, 0.717) is 0 Å². The first-order chi connectivity index (χ1) is 8.31. The zero-order valence-electron chi connectivity index (χ0n) is 10.7. The molecule has 0 aliphatic rings. The van der Waals surface area contributed by atoms with Gasteiger partial charge in [-0.25, -0.2) is 5.43 Å². The molecular weight excluding hydrogens is 212 g/mol. The molecule has 0 amide bonds. The van der Waals surface area contributed by atoms with Crippen molar-refractivity contribution in [1.82, 2.24) is 5.43 Å². The van der Waals surface area contributed by atoms with Gasteiger partial charge in [-0.2, -0.15) is 0 Å². The van der Waals surface area contributed by atoms with E-state index in [9.17, 15) is 0 Å². The number of unbranched alkanes of at least 4 members (excludes halogenated alkanes) is 3. The van der Waals surface area contributed by atoms with Crippen LogP contribution in [0.15, 0.2) is 29.2 Å². The Morgan fingerprint density at radius 2 is 2.24 bits per heavy atom. The Kier molecular flexibility index (Phi) is 6.67. The molecule has 1 aromatic rings. The van der Waals surface area contributed by atoms with E-state index in [-0.39, 0.29) is 6.04 Å². The Morgan fingerprint density at radius 1 is 1.41 bits per heavy atom. The summed E-state index contributed by atoms with van der Waals surface area (Å²) in [5.74, 6) is 7.54. The second-order valence-electron chi connectivity index (χ2n) is 4.30. The fourth-order valence-electron chi connectivity index (χ4n) is 1.89. The summed E-state index contributed by atoms with van der Waals surface area (Å²) in [5.41, 5.74) is 2.83. The van der Waals surface area contributed by atoms with Crippen molar-refractivity contribution in [2.75, 3.05) is 0 Å². The maximum Gasteiger partial charge on any atom is 0.122 e. The molecule has 3 N–H and O–H groups in total. The summed E-state index contributed by atoms with van der Waals surface area (Å²) in [6.45, 7) is 5.81. The number of furan rings is 1. The van der Waals surface area contributed by atoms with Gasteiger partial charge >= 0.3 is 0 Å². The van der Waals surface area contributed by atoms with Gasteiger partial charge in [0.15, 0.2) is 0 Å². The number of aryl methyl sites for hydroxylation is 1. The minimum atomic E-state index is 0.138. The minimum Gasteiger partial charge on any atom is -0.464 e. The first-order valence-corrected chi connectivity index (χ1v) is 6.47. The molecule has 0 saturated carbocycles. The van der Waals surface area contributed by atoms with Crippen LogP contribution in [0.3, 0.4) is 0 Å². The van der Waals surface area contributed by atoms with Crippen molar-refractivity contribution in [2.45, 2.75) is 51.5 Å². The SMILES string of the molecule is C=CCCCCCC(NN)c1ccc(CC)o1. The predicted molar refractivity (Wildman–Crippen MR) is 71.4 cm³/mol. The average molecular weight is 236 g/mol. The van der Waals surface area contributed by atoms with E-state index in [2.05, 4.69) is 18.9 Å². The highest BCUT2D eigenvalue weighted by atomic mass is 16.3. The smallest absolute Gasteiger partial charge is 0.122 e. The molecule has 17 heavy (non-hydrogen) atoms. The summed E-state index contributed by atoms with van der Waals surface area (Å²) in [4.78, 5) is 0. The van der Waals surface area contributed by atoms with E-state index in [1.165, 1.54) is 12.8 Å². The van der Waals surface area contributed by atoms with Gasteiger partial charge in [0.1, 0.15) is 11.5 Å². The molecule has 1 atom stereocenters. The molecule has 1 heterocycles. The van der Waals surface area contributed by atoms with E-state index in [0.717, 1.165) is 37.2 Å². The number of hydrogen-bond donors (Lipinski definition) is 2. The van der Waals surface area contributed by atoms with Crippen molar-refractivity contribution in [3.05, 3.63) is 36.3 Å². The molecule has 0 aliphatic heterocycles. The molecule has 1 aromatic heterocycles. The molecular formula is C14H24N2O. The van der Waals surface area contributed by atoms with Crippen LogP contribution in [-0.2, 0) is 6.42 Å². The molecule has 0 fully saturated rings. The summed E-state index contributed by atoms with van der Waals surface area (Å²) in [7, 11) is 0. The third kappa shape index (κ3) is 4.75. The zero-order valence-corrected chi connectivity index (χ0v) is 10.7. The quantitative estimate of drug-likeness (QED) is 0.299. The van der Waals surface area contributed by atoms with Crippen LogP contribution < -0.4 is 11.3 Å². The van der Waals surface area contributed by atoms with Crippen molar-refractivity contribution >= 4 is 0 Å². The van der Waals surface area contributed by atoms with E-state index in [1.807, 2.05) is 18.2 Å². The van der Waals surface area contributed by atoms with Crippen molar-refractivity contribution in [2.24, 2.45) is 5.84 Å². The van der Waals surface area contributed by atoms with Crippen LogP contribution >= 0.6 is 0 Å². The Labute approximate surface area is 104 Å². The number of nitrogens with two attached hydrogens (primary N) is 1. The van der Waals surface area contributed by atoms with Gasteiger partial charge in [-0.05, 0) is 31.4 Å². The van der Waals surface area contributed by atoms with Crippen molar-refractivity contribution < 1.29 is 4.42 Å². The Balaban J connectivity index is 2.34. The van der Waals surface area contributed by atoms with Crippen LogP contribution in [0.1, 0.15) is 56.6 Å². The lowest BCUT2D eigenvalue weighted by Crippen LogP contribution is -2.27. The van der Waals surface area contributed by atoms with E-state index >= 15 is 0 Å². The number of allylic oxidation sites excluding steroid dienone is 1. The summed E-state index contributed by atoms with van der Waals surface area (Å²) >= 11 is 0. The lowest BCUT2D eigenvalue weighted by Gasteiger charge is -2.12. The standard InChI is InChI=1S/C14H24N2O/c1-3-5-6-7-8-9-13(16-15)14-11-10-12(4-2)17-14/h3,10-11,13,16H,1,4-9,15H2,2H3. The van der Waals surface area contributed by atoms with Gasteiger partial charge < -0.3 is 4.42 Å². The van der Waals surface area contributed by atoms with Gasteiger partial charge in [0, 0.05) is 6.42 Å². The summed E-state index contributed by atoms with van der Waals surface area (Å²) in [6, 6.07) is 4.18. The molecule has 0 aliphatic carbocycles. The van der Waals surface area contributed by atoms with Crippen molar-refractivity contribution in [1.29, 1.82) is 0 Å². The number of hydrazine groups is 1. The fourth-order valence-corrected chi connectivity index (χ4v) is 1.89. The molecule has 0 radical (unpaired) electrons. The largest absolute Gasteiger partial charge is 0.464 e. The van der Waals surface area contributed by atoms with Crippen molar-refractivity contribution in [3.8, 4) is 0 Å². The second-order valence-corrected chi connectivity index (χ2v) is 4.30. The van der Waals surface area contributed by atoms with Crippen LogP contribution in [0.25, 0.3) is 0 Å². The van der Waals surface area contributed by atoms with Crippen LogP contribution in [0, 0.1) is 0 Å². The highest BCUT2D eigenvalue weighted by Gasteiger charge is 2.13. The number of rotatable bonds is 9. The predicted octanol–water partition coefficient (Wildman–Crippen LogP) is 3.48. The Morgan fingerprint density at radius 3 is 2.82 bits per heavy atom. The first-order valence-electron chi connectivity index (χ1n) is 6.47. The monoisotopic (exact) mass is 236 g/mol. The van der Waals surface area contributed by atoms with E-state index in [4.69, 9.17) is 10.3 Å². The lowest BCUT2D eigenvalue weighted by atomic mass is 10.1. The molecule has 0 spiro atoms. The molecule has 0 saturated heterocycles. The van der Waals surface area contributed by atoms with Gasteiger partial charge in [-0.3, -0.25) is 5.84 Å². The molecule has 0 aromatic carbocycles. The van der Waals surface area contributed by atoms with Crippen molar-refractivity contribution in [3.63, 3.8) is 0 Å². The van der Waals surface area contributed by atoms with Crippen LogP contribution in [0.5, 0.6) is 0 Å². The van der Waals surface area contributed by atoms with Gasteiger partial charge in [0.25, 0.3) is 0 Å². The zero-order chi connectivity index (χ0) is 12.5. The summed E-state index contributed by atoms with van der Waals surface area (Å²) in [6.07, 6.45) is 8.59. The molecule has 1 unspecified atom stereocenters. The van der Waals surface area contributed by atoms with Crippen LogP contribution in [0.2, 0.25) is 0 Å². The Bertz CT molecular complexity index is 320. The first kappa shape index (κ1) is 14.0. The average Bonchev–Trinajstić information content (AvgIpc) is 2.82. The van der Waals surface area contributed by atoms with Gasteiger partial charge in [0.2, 0.25) is 0 Å². The van der Waals surface area contributed by atoms with Gasteiger partial charge in [0.05, 0.1) is 6.04 Å². The summed E-state index contributed by atoms with van der Waals surface area (Å²) < 4.78 is 5.71. The highest BCUT2D eigenvalue weighted by molar-refractivity contribution is 5.10. The molecule has 1 rings (SSSR count). The van der Waals surface area contributed by atoms with Gasteiger partial charge in [-0.1, -0.05) is 25.8 Å². The lowest BCUT2D eigenvalue weighted by molar-refractivity contribution is 0.375. The van der Waals surface area contributed by atoms with Gasteiger partial charge in [-0.15, -0.1) is 6.58 Å². The normalized spacial score (nSPS) is 12.6. The van der Waals surface area contributed by atoms with Crippen LogP contribution in [0.4, 0.5) is 0 Å². The maximum absolute atomic E-state index is 5.71. The van der Waals surface area contributed by atoms with E-state index in [1.54, 1.807) is 0 Å². The number of nitrogens with one attached hydrogen (secondary N) is 1. The summed E-state index contributed by atoms with van der Waals surface area (Å²) in [5, 5.41) is 0. The third-order valence-corrected chi connectivity index (χ3v) is 2.98. The molecule has 0 bridgehead atoms. The minimum absolute atomic E-state index is 0.138. The Hall–Kier alpha value is -1.06. The molecule has 3 heteroatoms. The molecule has 3 nitrogen and oxygen atoms in total. The molecule has 96 valence electrons. The van der Waals surface area contributed by atoms with Crippen LogP contribution in [-0.4, -0.2) is 0 Å². The highest BCUT2D eigenvalue weighted by Crippen LogP contribution is 2.22. The third-order valence-electron chi connectivity index (χ3n) is 2.98. The van der Waals surface area contributed by atoms with E-state index < -0.39 is 0 Å². The second kappa shape index (κ2) is 8.09. The maximum atomic E-state index is 5.71. The topological polar surface area (TPSA) is 51.2 Å². The number of hydrogen-bond acceptors (Lipinski definition) is 3.